The summed E-state index contributed by atoms with van der Waals surface area (Å²) in [5.41, 5.74) is 2.44. The lowest BCUT2D eigenvalue weighted by molar-refractivity contribution is 0.0734. The normalized spacial score (nSPS) is 11.2. The molecule has 0 fully saturated rings. The first-order valence-corrected chi connectivity index (χ1v) is 9.09. The summed E-state index contributed by atoms with van der Waals surface area (Å²) in [4.78, 5) is 21.5. The van der Waals surface area contributed by atoms with E-state index in [0.29, 0.717) is 41.8 Å². The fraction of sp³-hybridized carbons (Fsp3) is 0.273. The Balaban J connectivity index is 1.98. The number of pyridine rings is 1. The maximum Gasteiger partial charge on any atom is 0.254 e. The van der Waals surface area contributed by atoms with Crippen molar-refractivity contribution in [1.29, 1.82) is 0 Å². The molecule has 0 aliphatic rings. The molecule has 6 heteroatoms. The van der Waals surface area contributed by atoms with Crippen LogP contribution >= 0.6 is 0 Å². The molecule has 2 aromatic carbocycles. The van der Waals surface area contributed by atoms with E-state index >= 15 is 0 Å². The zero-order valence-electron chi connectivity index (χ0n) is 16.2. The van der Waals surface area contributed by atoms with Gasteiger partial charge in [0.15, 0.2) is 0 Å². The van der Waals surface area contributed by atoms with Crippen LogP contribution in [0.25, 0.3) is 10.9 Å². The predicted molar refractivity (Wildman–Crippen MR) is 106 cm³/mol. The average molecular weight is 383 g/mol. The summed E-state index contributed by atoms with van der Waals surface area (Å²) < 4.78 is 26.8. The molecule has 1 amide bonds. The van der Waals surface area contributed by atoms with Crippen LogP contribution in [0, 0.1) is 18.6 Å². The lowest BCUT2D eigenvalue weighted by Crippen LogP contribution is -2.36. The van der Waals surface area contributed by atoms with E-state index in [0.717, 1.165) is 5.56 Å². The third-order valence-electron chi connectivity index (χ3n) is 4.52. The standard InChI is InChI=1S/C22H23F2N3O/c1-15-12-20(19-9-8-18(24)13-21(19)25-15)22(28)27(11-10-26(2)3)14-16-4-6-17(23)7-5-16/h4-9,12-13H,10-11,14H2,1-3H3. The van der Waals surface area contributed by atoms with E-state index in [4.69, 9.17) is 0 Å². The summed E-state index contributed by atoms with van der Waals surface area (Å²) in [7, 11) is 3.88. The number of hydrogen-bond donors (Lipinski definition) is 0. The van der Waals surface area contributed by atoms with E-state index < -0.39 is 0 Å². The molecule has 4 nitrogen and oxygen atoms in total. The molecule has 0 N–H and O–H groups in total. The number of fused-ring (bicyclic) bond motifs is 1. The van der Waals surface area contributed by atoms with Crippen LogP contribution in [0.5, 0.6) is 0 Å². The second-order valence-electron chi connectivity index (χ2n) is 7.13. The maximum absolute atomic E-state index is 13.6. The first-order chi connectivity index (χ1) is 13.3. The van der Waals surface area contributed by atoms with Crippen LogP contribution < -0.4 is 0 Å². The Morgan fingerprint density at radius 2 is 1.64 bits per heavy atom. The molecule has 0 spiro atoms. The number of aromatic nitrogens is 1. The molecule has 0 bridgehead atoms. The third kappa shape index (κ3) is 4.70. The summed E-state index contributed by atoms with van der Waals surface area (Å²) >= 11 is 0. The number of halogens is 2. The van der Waals surface area contributed by atoms with E-state index in [1.165, 1.54) is 24.3 Å². The molecule has 0 radical (unpaired) electrons. The molecule has 0 aliphatic carbocycles. The van der Waals surface area contributed by atoms with Gasteiger partial charge in [0.05, 0.1) is 11.1 Å². The van der Waals surface area contributed by atoms with Crippen LogP contribution in [0.4, 0.5) is 8.78 Å². The fourth-order valence-electron chi connectivity index (χ4n) is 3.06. The van der Waals surface area contributed by atoms with Crippen LogP contribution in [-0.2, 0) is 6.54 Å². The van der Waals surface area contributed by atoms with Gasteiger partial charge in [-0.05, 0) is 56.9 Å². The van der Waals surface area contributed by atoms with Gasteiger partial charge in [-0.2, -0.15) is 0 Å². The molecule has 3 rings (SSSR count). The SMILES string of the molecule is Cc1cc(C(=O)N(CCN(C)C)Cc2ccc(F)cc2)c2ccc(F)cc2n1. The fourth-order valence-corrected chi connectivity index (χ4v) is 3.06. The van der Waals surface area contributed by atoms with E-state index in [1.807, 2.05) is 19.0 Å². The minimum absolute atomic E-state index is 0.159. The number of carbonyl (C=O) groups excluding carboxylic acids is 1. The van der Waals surface area contributed by atoms with E-state index in [9.17, 15) is 13.6 Å². The molecule has 3 aromatic rings. The molecule has 28 heavy (non-hydrogen) atoms. The number of carbonyl (C=O) groups is 1. The van der Waals surface area contributed by atoms with Crippen molar-refractivity contribution in [1.82, 2.24) is 14.8 Å². The topological polar surface area (TPSA) is 36.4 Å². The number of amides is 1. The smallest absolute Gasteiger partial charge is 0.254 e. The molecular weight excluding hydrogens is 360 g/mol. The second-order valence-corrected chi connectivity index (χ2v) is 7.13. The van der Waals surface area contributed by atoms with Gasteiger partial charge >= 0.3 is 0 Å². The van der Waals surface area contributed by atoms with Gasteiger partial charge in [-0.3, -0.25) is 9.78 Å². The monoisotopic (exact) mass is 383 g/mol. The third-order valence-corrected chi connectivity index (χ3v) is 4.52. The Morgan fingerprint density at radius 3 is 2.32 bits per heavy atom. The second kappa shape index (κ2) is 8.44. The highest BCUT2D eigenvalue weighted by molar-refractivity contribution is 6.06. The minimum atomic E-state index is -0.389. The number of hydrogen-bond acceptors (Lipinski definition) is 3. The summed E-state index contributed by atoms with van der Waals surface area (Å²) in [6, 6.07) is 12.1. The molecule has 0 saturated carbocycles. The maximum atomic E-state index is 13.6. The first-order valence-electron chi connectivity index (χ1n) is 9.09. The van der Waals surface area contributed by atoms with Crippen molar-refractivity contribution < 1.29 is 13.6 Å². The Kier molecular flexibility index (Phi) is 5.99. The van der Waals surface area contributed by atoms with Crippen molar-refractivity contribution in [3.63, 3.8) is 0 Å². The summed E-state index contributed by atoms with van der Waals surface area (Å²) in [5.74, 6) is -0.860. The lowest BCUT2D eigenvalue weighted by Gasteiger charge is -2.25. The van der Waals surface area contributed by atoms with Crippen LogP contribution in [-0.4, -0.2) is 47.9 Å². The molecule has 0 aliphatic heterocycles. The highest BCUT2D eigenvalue weighted by atomic mass is 19.1. The van der Waals surface area contributed by atoms with Crippen molar-refractivity contribution in [2.24, 2.45) is 0 Å². The predicted octanol–water partition coefficient (Wildman–Crippen LogP) is 4.03. The van der Waals surface area contributed by atoms with Crippen LogP contribution in [0.2, 0.25) is 0 Å². The number of aryl methyl sites for hydroxylation is 1. The Bertz CT molecular complexity index is 982. The highest BCUT2D eigenvalue weighted by Gasteiger charge is 2.20. The molecule has 0 saturated heterocycles. The van der Waals surface area contributed by atoms with Gasteiger partial charge < -0.3 is 9.80 Å². The Labute approximate surface area is 163 Å². The van der Waals surface area contributed by atoms with Crippen LogP contribution in [0.3, 0.4) is 0 Å². The summed E-state index contributed by atoms with van der Waals surface area (Å²) in [6.07, 6.45) is 0. The van der Waals surface area contributed by atoms with Gasteiger partial charge in [0.2, 0.25) is 0 Å². The van der Waals surface area contributed by atoms with E-state index in [1.54, 1.807) is 36.1 Å². The Morgan fingerprint density at radius 1 is 0.964 bits per heavy atom. The molecule has 0 atom stereocenters. The van der Waals surface area contributed by atoms with Crippen LogP contribution in [0.1, 0.15) is 21.6 Å². The van der Waals surface area contributed by atoms with E-state index in [-0.39, 0.29) is 17.5 Å². The van der Waals surface area contributed by atoms with Crippen molar-refractivity contribution in [2.45, 2.75) is 13.5 Å². The number of likely N-dealkylation sites (N-methyl/N-ethyl adjacent to an activating group) is 1. The molecular formula is C22H23F2N3O. The molecule has 146 valence electrons. The van der Waals surface area contributed by atoms with Gasteiger partial charge in [-0.15, -0.1) is 0 Å². The molecule has 1 aromatic heterocycles. The minimum Gasteiger partial charge on any atom is -0.333 e. The van der Waals surface area contributed by atoms with Crippen molar-refractivity contribution >= 4 is 16.8 Å². The Hall–Kier alpha value is -2.86. The molecule has 1 heterocycles. The summed E-state index contributed by atoms with van der Waals surface area (Å²) in [5, 5.41) is 0.617. The number of benzene rings is 2. The van der Waals surface area contributed by atoms with Crippen molar-refractivity contribution in [3.05, 3.63) is 77.0 Å². The van der Waals surface area contributed by atoms with Gasteiger partial charge in [0.25, 0.3) is 5.91 Å². The van der Waals surface area contributed by atoms with Gasteiger partial charge in [0.1, 0.15) is 11.6 Å². The lowest BCUT2D eigenvalue weighted by atomic mass is 10.1. The quantitative estimate of drug-likeness (QED) is 0.645. The molecule has 0 unspecified atom stereocenters. The van der Waals surface area contributed by atoms with Gasteiger partial charge in [0, 0.05) is 36.8 Å². The number of rotatable bonds is 6. The van der Waals surface area contributed by atoms with E-state index in [2.05, 4.69) is 4.98 Å². The van der Waals surface area contributed by atoms with Crippen molar-refractivity contribution in [2.75, 3.05) is 27.2 Å². The van der Waals surface area contributed by atoms with Gasteiger partial charge in [-0.1, -0.05) is 12.1 Å². The average Bonchev–Trinajstić information content (AvgIpc) is 2.65. The van der Waals surface area contributed by atoms with Gasteiger partial charge in [-0.25, -0.2) is 8.78 Å². The summed E-state index contributed by atoms with van der Waals surface area (Å²) in [6.45, 7) is 3.33. The first kappa shape index (κ1) is 19.9. The zero-order valence-corrected chi connectivity index (χ0v) is 16.2. The number of nitrogens with zero attached hydrogens (tertiary/aromatic N) is 3. The largest absolute Gasteiger partial charge is 0.333 e. The zero-order chi connectivity index (χ0) is 20.3. The highest BCUT2D eigenvalue weighted by Crippen LogP contribution is 2.22. The van der Waals surface area contributed by atoms with Crippen molar-refractivity contribution in [3.8, 4) is 0 Å². The van der Waals surface area contributed by atoms with Crippen LogP contribution in [0.15, 0.2) is 48.5 Å².